The summed E-state index contributed by atoms with van der Waals surface area (Å²) in [5.41, 5.74) is 5.43. The van der Waals surface area contributed by atoms with Gasteiger partial charge in [-0.1, -0.05) is 6.07 Å². The average Bonchev–Trinajstić information content (AvgIpc) is 3.46. The summed E-state index contributed by atoms with van der Waals surface area (Å²) in [6, 6.07) is 5.81. The van der Waals surface area contributed by atoms with E-state index in [1.54, 1.807) is 19.2 Å². The number of allylic oxidation sites excluding steroid dienone is 1. The highest BCUT2D eigenvalue weighted by Crippen LogP contribution is 2.51. The van der Waals surface area contributed by atoms with Gasteiger partial charge in [-0.15, -0.1) is 0 Å². The van der Waals surface area contributed by atoms with Crippen LogP contribution >= 0.6 is 0 Å². The zero-order valence-corrected chi connectivity index (χ0v) is 18.2. The Balaban J connectivity index is 1.75. The lowest BCUT2D eigenvalue weighted by Crippen LogP contribution is -2.26. The molecule has 164 valence electrons. The van der Waals surface area contributed by atoms with Crippen molar-refractivity contribution in [1.82, 2.24) is 4.98 Å². The monoisotopic (exact) mass is 431 g/mol. The van der Waals surface area contributed by atoms with Crippen LogP contribution in [-0.2, 0) is 11.2 Å². The number of aryl methyl sites for hydroxylation is 1. The summed E-state index contributed by atoms with van der Waals surface area (Å²) in [5.74, 6) is -0.540. The summed E-state index contributed by atoms with van der Waals surface area (Å²) in [5, 5.41) is 23.0. The maximum absolute atomic E-state index is 12.5. The van der Waals surface area contributed by atoms with Gasteiger partial charge in [0, 0.05) is 29.4 Å². The molecule has 1 fully saturated rings. The molecule has 2 aromatic rings. The predicted molar refractivity (Wildman–Crippen MR) is 118 cm³/mol. The summed E-state index contributed by atoms with van der Waals surface area (Å²) in [4.78, 5) is 17.1. The van der Waals surface area contributed by atoms with Crippen LogP contribution in [-0.4, -0.2) is 28.8 Å². The summed E-state index contributed by atoms with van der Waals surface area (Å²) >= 11 is 0. The molecular weight excluding hydrogens is 406 g/mol. The number of carbonyl (C=O) groups is 1. The highest BCUT2D eigenvalue weighted by molar-refractivity contribution is 5.94. The molecule has 0 spiro atoms. The molecule has 1 aromatic carbocycles. The number of pyridine rings is 1. The second-order valence-electron chi connectivity index (χ2n) is 8.68. The lowest BCUT2D eigenvalue weighted by molar-refractivity contribution is -0.133. The molecule has 0 bridgehead atoms. The minimum absolute atomic E-state index is 0.0816. The summed E-state index contributed by atoms with van der Waals surface area (Å²) < 4.78 is 12.3. The Morgan fingerprint density at radius 3 is 2.81 bits per heavy atom. The van der Waals surface area contributed by atoms with Crippen LogP contribution in [0.5, 0.6) is 11.6 Å². The fraction of sp³-hybridized carbons (Fsp3) is 0.400. The Hall–Kier alpha value is -3.53. The maximum atomic E-state index is 12.5. The van der Waals surface area contributed by atoms with E-state index in [4.69, 9.17) is 9.47 Å². The minimum atomic E-state index is -1.00. The fourth-order valence-corrected chi connectivity index (χ4v) is 5.16. The second-order valence-corrected chi connectivity index (χ2v) is 8.68. The van der Waals surface area contributed by atoms with E-state index < -0.39 is 11.9 Å². The molecule has 1 aromatic heterocycles. The number of rotatable bonds is 4. The number of nitrogens with zero attached hydrogens (tertiary/aromatic N) is 2. The number of hydrogen-bond donors (Lipinski definition) is 2. The van der Waals surface area contributed by atoms with Gasteiger partial charge in [-0.25, -0.2) is 9.78 Å². The van der Waals surface area contributed by atoms with E-state index in [0.717, 1.165) is 53.6 Å². The van der Waals surface area contributed by atoms with Crippen molar-refractivity contribution in [2.24, 2.45) is 0 Å². The first-order valence-corrected chi connectivity index (χ1v) is 11.1. The zero-order chi connectivity index (χ0) is 22.4. The molecule has 5 rings (SSSR count). The topological polar surface area (TPSA) is 104 Å². The average molecular weight is 431 g/mol. The number of hydrogen-bond acceptors (Lipinski definition) is 6. The molecule has 7 nitrogen and oxygen atoms in total. The third-order valence-corrected chi connectivity index (χ3v) is 6.70. The first-order valence-electron chi connectivity index (χ1n) is 11.1. The molecule has 2 aliphatic heterocycles. The Labute approximate surface area is 186 Å². The Bertz CT molecular complexity index is 1190. The summed E-state index contributed by atoms with van der Waals surface area (Å²) in [6.07, 6.45) is 6.67. The van der Waals surface area contributed by atoms with E-state index in [0.29, 0.717) is 35.9 Å². The van der Waals surface area contributed by atoms with Gasteiger partial charge in [0.25, 0.3) is 0 Å². The van der Waals surface area contributed by atoms with Crippen LogP contribution in [0.1, 0.15) is 66.3 Å². The molecule has 32 heavy (non-hydrogen) atoms. The smallest absolute Gasteiger partial charge is 0.334 e. The molecule has 0 radical (unpaired) electrons. The molecule has 1 saturated carbocycles. The van der Waals surface area contributed by atoms with Crippen molar-refractivity contribution in [3.8, 4) is 17.7 Å². The molecule has 0 saturated heterocycles. The normalized spacial score (nSPS) is 19.6. The van der Waals surface area contributed by atoms with Gasteiger partial charge in [-0.05, 0) is 51.2 Å². The lowest BCUT2D eigenvalue weighted by Gasteiger charge is -2.32. The second kappa shape index (κ2) is 7.86. The zero-order valence-electron chi connectivity index (χ0n) is 18.2. The summed E-state index contributed by atoms with van der Waals surface area (Å²) in [6.45, 7) is 4.21. The van der Waals surface area contributed by atoms with E-state index in [1.807, 2.05) is 13.0 Å². The molecule has 0 amide bonds. The van der Waals surface area contributed by atoms with Crippen LogP contribution in [0.3, 0.4) is 0 Å². The van der Waals surface area contributed by atoms with Gasteiger partial charge in [-0.2, -0.15) is 5.26 Å². The van der Waals surface area contributed by atoms with Crippen LogP contribution in [0.4, 0.5) is 5.69 Å². The number of nitriles is 1. The highest BCUT2D eigenvalue weighted by atomic mass is 16.5. The van der Waals surface area contributed by atoms with Gasteiger partial charge in [0.1, 0.15) is 11.9 Å². The third-order valence-electron chi connectivity index (χ3n) is 6.70. The maximum Gasteiger partial charge on any atom is 0.334 e. The standard InChI is InChI=1S/C25H25N3O4/c1-13-12-27-24(32-16-5-3-4-6-16)21-20(19(25(29)30)14(2)28-22(13)21)18-8-7-15(11-26)17-9-10-31-23(17)18/h7-8,12,16,20,28H,3-6,9-10H2,1-2H3,(H,29,30). The largest absolute Gasteiger partial charge is 0.493 e. The number of carboxylic acid groups (broad SMARTS) is 1. The highest BCUT2D eigenvalue weighted by Gasteiger charge is 2.39. The van der Waals surface area contributed by atoms with E-state index in [2.05, 4.69) is 16.4 Å². The number of carboxylic acids is 1. The number of aromatic nitrogens is 1. The third kappa shape index (κ3) is 3.18. The van der Waals surface area contributed by atoms with Gasteiger partial charge in [0.15, 0.2) is 0 Å². The molecular formula is C25H25N3O4. The van der Waals surface area contributed by atoms with Crippen LogP contribution in [0, 0.1) is 18.3 Å². The number of fused-ring (bicyclic) bond motifs is 2. The van der Waals surface area contributed by atoms with Crippen LogP contribution < -0.4 is 14.8 Å². The molecule has 7 heteroatoms. The number of benzene rings is 1. The predicted octanol–water partition coefficient (Wildman–Crippen LogP) is 4.43. The van der Waals surface area contributed by atoms with Crippen molar-refractivity contribution in [3.05, 3.63) is 57.4 Å². The van der Waals surface area contributed by atoms with Gasteiger partial charge in [-0.3, -0.25) is 0 Å². The minimum Gasteiger partial charge on any atom is -0.493 e. The number of aliphatic carboxylic acids is 1. The van der Waals surface area contributed by atoms with Crippen LogP contribution in [0.15, 0.2) is 29.6 Å². The van der Waals surface area contributed by atoms with Gasteiger partial charge < -0.3 is 19.9 Å². The molecule has 1 atom stereocenters. The Kier molecular flexibility index (Phi) is 5.01. The first kappa shape index (κ1) is 20.4. The van der Waals surface area contributed by atoms with Crippen molar-refractivity contribution in [2.75, 3.05) is 11.9 Å². The Morgan fingerprint density at radius 2 is 2.09 bits per heavy atom. The van der Waals surface area contributed by atoms with E-state index in [9.17, 15) is 15.2 Å². The molecule has 3 heterocycles. The fourth-order valence-electron chi connectivity index (χ4n) is 5.16. The number of anilines is 1. The first-order chi connectivity index (χ1) is 15.5. The molecule has 1 unspecified atom stereocenters. The van der Waals surface area contributed by atoms with E-state index in [1.165, 1.54) is 0 Å². The summed E-state index contributed by atoms with van der Waals surface area (Å²) in [7, 11) is 0. The van der Waals surface area contributed by atoms with Crippen LogP contribution in [0.2, 0.25) is 0 Å². The van der Waals surface area contributed by atoms with Crippen molar-refractivity contribution in [2.45, 2.75) is 58.0 Å². The van der Waals surface area contributed by atoms with Crippen LogP contribution in [0.25, 0.3) is 0 Å². The molecule has 3 aliphatic rings. The number of nitrogens with one attached hydrogen (secondary N) is 1. The van der Waals surface area contributed by atoms with Crippen molar-refractivity contribution in [1.29, 1.82) is 5.26 Å². The molecule has 2 N–H and O–H groups in total. The van der Waals surface area contributed by atoms with E-state index >= 15 is 0 Å². The van der Waals surface area contributed by atoms with Gasteiger partial charge in [0.2, 0.25) is 5.88 Å². The van der Waals surface area contributed by atoms with Crippen molar-refractivity contribution < 1.29 is 19.4 Å². The SMILES string of the molecule is CC1=C(C(=O)O)C(c2ccc(C#N)c3c2OCC3)c2c(OC3CCCC3)ncc(C)c2N1. The van der Waals surface area contributed by atoms with Gasteiger partial charge >= 0.3 is 5.97 Å². The lowest BCUT2D eigenvalue weighted by atomic mass is 9.79. The molecule has 1 aliphatic carbocycles. The van der Waals surface area contributed by atoms with Gasteiger partial charge in [0.05, 0.1) is 41.0 Å². The van der Waals surface area contributed by atoms with Crippen molar-refractivity contribution >= 4 is 11.7 Å². The van der Waals surface area contributed by atoms with E-state index in [-0.39, 0.29) is 11.7 Å². The van der Waals surface area contributed by atoms with Crippen molar-refractivity contribution in [3.63, 3.8) is 0 Å². The number of ether oxygens (including phenoxy) is 2. The quantitative estimate of drug-likeness (QED) is 0.738. The Morgan fingerprint density at radius 1 is 1.31 bits per heavy atom.